The fraction of sp³-hybridized carbons (Fsp3) is 0.949. The average molecular weight is 1200 g/mol. The molecule has 2 unspecified atom stereocenters. The van der Waals surface area contributed by atoms with Crippen LogP contribution in [0, 0.1) is 0 Å². The quantitative estimate of drug-likeness (QED) is 0.0320. The minimum absolute atomic E-state index is 0.0148. The van der Waals surface area contributed by atoms with E-state index in [2.05, 4.69) is 31.3 Å². The zero-order chi connectivity index (χ0) is 61.3. The molecule has 0 aromatic heterocycles. The zero-order valence-electron chi connectivity index (χ0n) is 58.1. The molecule has 506 valence electrons. The van der Waals surface area contributed by atoms with Gasteiger partial charge in [0.15, 0.2) is 0 Å². The third-order valence-electron chi connectivity index (χ3n) is 18.8. The Morgan fingerprint density at radius 2 is 0.553 bits per heavy atom. The summed E-state index contributed by atoms with van der Waals surface area (Å²) in [6.07, 6.45) is 94.6. The van der Waals surface area contributed by atoms with Crippen molar-refractivity contribution in [3.8, 4) is 0 Å². The second kappa shape index (κ2) is 75.1. The van der Waals surface area contributed by atoms with Crippen molar-refractivity contribution in [1.29, 1.82) is 0 Å². The zero-order valence-corrected chi connectivity index (χ0v) is 58.1. The smallest absolute Gasteiger partial charge is 0.305 e. The van der Waals surface area contributed by atoms with E-state index >= 15 is 0 Å². The number of allylic oxidation sites excluding steroid dienone is 2. The minimum Gasteiger partial charge on any atom is -0.466 e. The fourth-order valence-electron chi connectivity index (χ4n) is 12.8. The molecule has 0 rings (SSSR count). The standard InChI is InChI=1S/C79H155NO5/c1-3-5-7-9-11-13-15-17-18-42-45-48-51-55-59-63-67-71-77(82)76(75-81)80-78(83)72-68-64-60-56-52-49-46-43-40-38-36-34-32-30-28-26-24-22-20-19-21-23-25-27-29-31-33-35-37-39-41-44-47-50-54-58-62-66-70-74-85-79(84)73-69-65-61-57-53-16-14-12-10-8-6-4-2/h12,14,76-77,81-82H,3-11,13,15-75H2,1-2H3,(H,80,83)/b14-12-. The van der Waals surface area contributed by atoms with E-state index in [0.29, 0.717) is 25.9 Å². The molecule has 6 nitrogen and oxygen atoms in total. The molecule has 0 saturated carbocycles. The van der Waals surface area contributed by atoms with Crippen LogP contribution in [0.3, 0.4) is 0 Å². The summed E-state index contributed by atoms with van der Waals surface area (Å²) in [5.41, 5.74) is 0. The van der Waals surface area contributed by atoms with E-state index < -0.39 is 12.1 Å². The van der Waals surface area contributed by atoms with Gasteiger partial charge in [0, 0.05) is 12.8 Å². The highest BCUT2D eigenvalue weighted by atomic mass is 16.5. The highest BCUT2D eigenvalue weighted by molar-refractivity contribution is 5.76. The Morgan fingerprint density at radius 3 is 0.859 bits per heavy atom. The lowest BCUT2D eigenvalue weighted by atomic mass is 10.0. The molecule has 0 fully saturated rings. The van der Waals surface area contributed by atoms with Crippen molar-refractivity contribution in [3.05, 3.63) is 12.2 Å². The molecule has 0 saturated heterocycles. The van der Waals surface area contributed by atoms with Crippen molar-refractivity contribution >= 4 is 11.9 Å². The van der Waals surface area contributed by atoms with Gasteiger partial charge < -0.3 is 20.3 Å². The molecule has 0 aliphatic carbocycles. The molecular formula is C79H155NO5. The molecule has 0 aliphatic rings. The number of hydrogen-bond acceptors (Lipinski definition) is 5. The number of esters is 1. The van der Waals surface area contributed by atoms with Crippen molar-refractivity contribution in [2.75, 3.05) is 13.2 Å². The van der Waals surface area contributed by atoms with Gasteiger partial charge in [0.05, 0.1) is 25.4 Å². The van der Waals surface area contributed by atoms with E-state index in [9.17, 15) is 19.8 Å². The first-order chi connectivity index (χ1) is 42.0. The van der Waals surface area contributed by atoms with Crippen LogP contribution in [0.2, 0.25) is 0 Å². The molecule has 0 aliphatic heterocycles. The Morgan fingerprint density at radius 1 is 0.318 bits per heavy atom. The van der Waals surface area contributed by atoms with Gasteiger partial charge in [-0.05, 0) is 51.4 Å². The van der Waals surface area contributed by atoms with Gasteiger partial charge in [-0.3, -0.25) is 9.59 Å². The number of aliphatic hydroxyl groups excluding tert-OH is 2. The van der Waals surface area contributed by atoms with Crippen LogP contribution in [0.25, 0.3) is 0 Å². The Balaban J connectivity index is 3.29. The number of amides is 1. The number of ether oxygens (including phenoxy) is 1. The lowest BCUT2D eigenvalue weighted by Gasteiger charge is -2.22. The van der Waals surface area contributed by atoms with Crippen LogP contribution in [0.5, 0.6) is 0 Å². The molecule has 0 heterocycles. The number of unbranched alkanes of at least 4 members (excludes halogenated alkanes) is 62. The van der Waals surface area contributed by atoms with Crippen molar-refractivity contribution in [3.63, 3.8) is 0 Å². The predicted octanol–water partition coefficient (Wildman–Crippen LogP) is 25.9. The first-order valence-electron chi connectivity index (χ1n) is 39.4. The van der Waals surface area contributed by atoms with Crippen LogP contribution in [0.1, 0.15) is 457 Å². The van der Waals surface area contributed by atoms with Gasteiger partial charge in [-0.2, -0.15) is 0 Å². The molecule has 85 heavy (non-hydrogen) atoms. The van der Waals surface area contributed by atoms with Gasteiger partial charge in [0.2, 0.25) is 5.91 Å². The number of nitrogens with one attached hydrogen (secondary N) is 1. The van der Waals surface area contributed by atoms with E-state index in [4.69, 9.17) is 4.74 Å². The monoisotopic (exact) mass is 1200 g/mol. The maximum absolute atomic E-state index is 12.5. The van der Waals surface area contributed by atoms with Crippen molar-refractivity contribution in [1.82, 2.24) is 5.32 Å². The summed E-state index contributed by atoms with van der Waals surface area (Å²) in [5, 5.41) is 23.4. The molecular weight excluding hydrogens is 1040 g/mol. The highest BCUT2D eigenvalue weighted by Crippen LogP contribution is 2.20. The summed E-state index contributed by atoms with van der Waals surface area (Å²) in [7, 11) is 0. The summed E-state index contributed by atoms with van der Waals surface area (Å²) >= 11 is 0. The SMILES string of the molecule is CCCCC/C=C\CCCCCCCC(=O)OCCCCCCCCCCCCCCCCCCCCCCCCCCCCCCCCCCCCCCCCCC(=O)NC(CO)C(O)CCCCCCCCCCCCCCCCCCC. The summed E-state index contributed by atoms with van der Waals surface area (Å²) in [4.78, 5) is 24.6. The molecule has 0 radical (unpaired) electrons. The first kappa shape index (κ1) is 83.6. The van der Waals surface area contributed by atoms with Crippen LogP contribution < -0.4 is 5.32 Å². The molecule has 6 heteroatoms. The number of carbonyl (C=O) groups is 2. The molecule has 1 amide bonds. The first-order valence-corrected chi connectivity index (χ1v) is 39.4. The second-order valence-electron chi connectivity index (χ2n) is 27.4. The topological polar surface area (TPSA) is 95.9 Å². The lowest BCUT2D eigenvalue weighted by Crippen LogP contribution is -2.45. The molecule has 2 atom stereocenters. The van der Waals surface area contributed by atoms with E-state index in [1.54, 1.807) is 0 Å². The van der Waals surface area contributed by atoms with Crippen molar-refractivity contribution in [2.24, 2.45) is 0 Å². The minimum atomic E-state index is -0.659. The van der Waals surface area contributed by atoms with Gasteiger partial charge in [0.1, 0.15) is 0 Å². The van der Waals surface area contributed by atoms with Crippen LogP contribution in [-0.2, 0) is 14.3 Å². The molecule has 0 spiro atoms. The van der Waals surface area contributed by atoms with E-state index in [1.165, 1.54) is 379 Å². The summed E-state index contributed by atoms with van der Waals surface area (Å²) in [6, 6.07) is -0.536. The maximum Gasteiger partial charge on any atom is 0.305 e. The number of rotatable bonds is 75. The fourth-order valence-corrected chi connectivity index (χ4v) is 12.8. The second-order valence-corrected chi connectivity index (χ2v) is 27.4. The van der Waals surface area contributed by atoms with Gasteiger partial charge in [-0.25, -0.2) is 0 Å². The summed E-state index contributed by atoms with van der Waals surface area (Å²) in [6.45, 7) is 4.98. The number of hydrogen-bond donors (Lipinski definition) is 3. The Labute approximate surface area is 533 Å². The van der Waals surface area contributed by atoms with Crippen LogP contribution in [0.15, 0.2) is 12.2 Å². The average Bonchev–Trinajstić information content (AvgIpc) is 3.51. The molecule has 3 N–H and O–H groups in total. The van der Waals surface area contributed by atoms with Gasteiger partial charge >= 0.3 is 5.97 Å². The Kier molecular flexibility index (Phi) is 73.8. The third kappa shape index (κ3) is 71.6. The van der Waals surface area contributed by atoms with Gasteiger partial charge in [0.25, 0.3) is 0 Å². The number of aliphatic hydroxyl groups is 2. The van der Waals surface area contributed by atoms with Crippen LogP contribution >= 0.6 is 0 Å². The Hall–Kier alpha value is -1.40. The van der Waals surface area contributed by atoms with E-state index in [-0.39, 0.29) is 18.5 Å². The summed E-state index contributed by atoms with van der Waals surface area (Å²) < 4.78 is 5.48. The van der Waals surface area contributed by atoms with Crippen molar-refractivity contribution < 1.29 is 24.5 Å². The predicted molar refractivity (Wildman–Crippen MR) is 375 cm³/mol. The molecule has 0 aromatic carbocycles. The molecule has 0 aromatic rings. The van der Waals surface area contributed by atoms with Gasteiger partial charge in [-0.15, -0.1) is 0 Å². The van der Waals surface area contributed by atoms with Crippen molar-refractivity contribution in [2.45, 2.75) is 469 Å². The third-order valence-corrected chi connectivity index (χ3v) is 18.8. The Bertz CT molecular complexity index is 1290. The van der Waals surface area contributed by atoms with E-state index in [0.717, 1.165) is 44.9 Å². The van der Waals surface area contributed by atoms with E-state index in [1.807, 2.05) is 0 Å². The summed E-state index contributed by atoms with van der Waals surface area (Å²) in [5.74, 6) is -0.00940. The maximum atomic E-state index is 12.5. The normalized spacial score (nSPS) is 12.5. The highest BCUT2D eigenvalue weighted by Gasteiger charge is 2.20. The van der Waals surface area contributed by atoms with Gasteiger partial charge in [-0.1, -0.05) is 405 Å². The lowest BCUT2D eigenvalue weighted by molar-refractivity contribution is -0.143. The molecule has 0 bridgehead atoms. The van der Waals surface area contributed by atoms with Crippen LogP contribution in [-0.4, -0.2) is 47.4 Å². The largest absolute Gasteiger partial charge is 0.466 e. The van der Waals surface area contributed by atoms with Crippen LogP contribution in [0.4, 0.5) is 0 Å². The number of carbonyl (C=O) groups excluding carboxylic acids is 2.